The highest BCUT2D eigenvalue weighted by atomic mass is 14.4. The van der Waals surface area contributed by atoms with Gasteiger partial charge in [-0.3, -0.25) is 0 Å². The topological polar surface area (TPSA) is 0 Å². The van der Waals surface area contributed by atoms with E-state index in [0.717, 1.165) is 0 Å². The fourth-order valence-electron chi connectivity index (χ4n) is 1.78. The Kier molecular flexibility index (Phi) is 11.3. The Morgan fingerprint density at radius 1 is 1.00 bits per heavy atom. The zero-order valence-electron chi connectivity index (χ0n) is 11.9. The summed E-state index contributed by atoms with van der Waals surface area (Å²) in [7, 11) is 0. The zero-order valence-corrected chi connectivity index (χ0v) is 11.9. The second kappa shape index (κ2) is 10.0. The van der Waals surface area contributed by atoms with Crippen molar-refractivity contribution < 1.29 is 0 Å². The molecule has 2 aliphatic carbocycles. The maximum Gasteiger partial charge on any atom is 0.0101 e. The fraction of sp³-hybridized carbons (Fsp3) is 0.733. The largest absolute Gasteiger partial charge is 0.0865 e. The summed E-state index contributed by atoms with van der Waals surface area (Å²) >= 11 is 0. The smallest absolute Gasteiger partial charge is 0.0101 e. The summed E-state index contributed by atoms with van der Waals surface area (Å²) in [5.41, 5.74) is 2.13. The van der Waals surface area contributed by atoms with Gasteiger partial charge in [0.1, 0.15) is 0 Å². The van der Waals surface area contributed by atoms with Gasteiger partial charge in [-0.2, -0.15) is 0 Å². The standard InChI is InChI=1S/C9H12.3C2H6/c1-8-3-6-9(7-8)4-2-5-9;3*1-2/h2,4,7H,3,5-6H2,1H3;3*1-2H3. The molecule has 0 aromatic rings. The van der Waals surface area contributed by atoms with Gasteiger partial charge in [-0.1, -0.05) is 65.3 Å². The first-order chi connectivity index (χ1) is 7.31. The number of hydrogen-bond donors (Lipinski definition) is 0. The second-order valence-electron chi connectivity index (χ2n) is 3.33. The molecule has 0 amide bonds. The van der Waals surface area contributed by atoms with Crippen LogP contribution in [0.15, 0.2) is 23.8 Å². The molecular formula is C15H30. The van der Waals surface area contributed by atoms with Crippen molar-refractivity contribution in [3.8, 4) is 0 Å². The van der Waals surface area contributed by atoms with Crippen molar-refractivity contribution in [2.45, 2.75) is 67.7 Å². The summed E-state index contributed by atoms with van der Waals surface area (Å²) in [6.07, 6.45) is 11.1. The highest BCUT2D eigenvalue weighted by Crippen LogP contribution is 2.45. The van der Waals surface area contributed by atoms with Gasteiger partial charge in [0.15, 0.2) is 0 Å². The number of allylic oxidation sites excluding steroid dienone is 4. The molecule has 1 spiro atoms. The molecular weight excluding hydrogens is 180 g/mol. The first-order valence-corrected chi connectivity index (χ1v) is 6.67. The minimum absolute atomic E-state index is 0.546. The van der Waals surface area contributed by atoms with E-state index < -0.39 is 0 Å². The highest BCUT2D eigenvalue weighted by molar-refractivity contribution is 5.28. The van der Waals surface area contributed by atoms with Crippen molar-refractivity contribution in [3.63, 3.8) is 0 Å². The fourth-order valence-corrected chi connectivity index (χ4v) is 1.78. The Morgan fingerprint density at radius 2 is 1.47 bits per heavy atom. The van der Waals surface area contributed by atoms with Crippen LogP contribution in [0.5, 0.6) is 0 Å². The Balaban J connectivity index is 0. The maximum atomic E-state index is 2.44. The van der Waals surface area contributed by atoms with E-state index in [0.29, 0.717) is 5.41 Å². The van der Waals surface area contributed by atoms with Crippen LogP contribution in [0.4, 0.5) is 0 Å². The molecule has 0 radical (unpaired) electrons. The monoisotopic (exact) mass is 210 g/mol. The summed E-state index contributed by atoms with van der Waals surface area (Å²) in [5, 5.41) is 0. The van der Waals surface area contributed by atoms with Gasteiger partial charge in [0.2, 0.25) is 0 Å². The average molecular weight is 210 g/mol. The first-order valence-electron chi connectivity index (χ1n) is 6.67. The molecule has 0 aromatic heterocycles. The van der Waals surface area contributed by atoms with Crippen molar-refractivity contribution in [1.82, 2.24) is 0 Å². The SMILES string of the molecule is CC.CC.CC.CC1=CC2(C=CC2)CC1. The van der Waals surface area contributed by atoms with Gasteiger partial charge < -0.3 is 0 Å². The molecule has 90 valence electrons. The van der Waals surface area contributed by atoms with E-state index in [1.165, 1.54) is 19.3 Å². The summed E-state index contributed by atoms with van der Waals surface area (Å²) in [4.78, 5) is 0. The van der Waals surface area contributed by atoms with Crippen molar-refractivity contribution in [3.05, 3.63) is 23.8 Å². The summed E-state index contributed by atoms with van der Waals surface area (Å²) in [5.74, 6) is 0. The normalized spacial score (nSPS) is 24.6. The lowest BCUT2D eigenvalue weighted by Crippen LogP contribution is -2.16. The molecule has 0 heterocycles. The van der Waals surface area contributed by atoms with Crippen LogP contribution >= 0.6 is 0 Å². The zero-order chi connectivity index (χ0) is 12.3. The molecule has 0 aromatic carbocycles. The van der Waals surface area contributed by atoms with Crippen LogP contribution in [-0.4, -0.2) is 0 Å². The van der Waals surface area contributed by atoms with Crippen LogP contribution in [0.2, 0.25) is 0 Å². The third-order valence-corrected chi connectivity index (χ3v) is 2.47. The van der Waals surface area contributed by atoms with E-state index in [4.69, 9.17) is 0 Å². The predicted octanol–water partition coefficient (Wildman–Crippen LogP) is 5.75. The Morgan fingerprint density at radius 3 is 1.60 bits per heavy atom. The molecule has 0 bridgehead atoms. The van der Waals surface area contributed by atoms with Gasteiger partial charge in [-0.25, -0.2) is 0 Å². The molecule has 2 rings (SSSR count). The van der Waals surface area contributed by atoms with Gasteiger partial charge >= 0.3 is 0 Å². The third-order valence-electron chi connectivity index (χ3n) is 2.47. The quantitative estimate of drug-likeness (QED) is 0.446. The third kappa shape index (κ3) is 5.20. The van der Waals surface area contributed by atoms with Crippen LogP contribution in [0, 0.1) is 5.41 Å². The van der Waals surface area contributed by atoms with Gasteiger partial charge in [0, 0.05) is 5.41 Å². The number of rotatable bonds is 0. The van der Waals surface area contributed by atoms with Crippen LogP contribution in [0.3, 0.4) is 0 Å². The molecule has 0 aliphatic heterocycles. The molecule has 1 atom stereocenters. The van der Waals surface area contributed by atoms with E-state index in [-0.39, 0.29) is 0 Å². The maximum absolute atomic E-state index is 2.44. The summed E-state index contributed by atoms with van der Waals surface area (Å²) in [6, 6.07) is 0. The van der Waals surface area contributed by atoms with E-state index in [9.17, 15) is 0 Å². The van der Waals surface area contributed by atoms with Crippen LogP contribution in [0.25, 0.3) is 0 Å². The lowest BCUT2D eigenvalue weighted by Gasteiger charge is -2.28. The van der Waals surface area contributed by atoms with Gasteiger partial charge in [0.05, 0.1) is 0 Å². The Labute approximate surface area is 97.5 Å². The minimum atomic E-state index is 0.546. The van der Waals surface area contributed by atoms with E-state index in [1.54, 1.807) is 5.57 Å². The van der Waals surface area contributed by atoms with Crippen LogP contribution in [-0.2, 0) is 0 Å². The molecule has 0 heteroatoms. The van der Waals surface area contributed by atoms with E-state index >= 15 is 0 Å². The lowest BCUT2D eigenvalue weighted by atomic mass is 9.76. The molecule has 0 saturated heterocycles. The predicted molar refractivity (Wildman–Crippen MR) is 73.2 cm³/mol. The molecule has 2 aliphatic rings. The Bertz CT molecular complexity index is 186. The van der Waals surface area contributed by atoms with E-state index in [1.807, 2.05) is 41.5 Å². The highest BCUT2D eigenvalue weighted by Gasteiger charge is 2.32. The molecule has 0 fully saturated rings. The minimum Gasteiger partial charge on any atom is -0.0865 e. The molecule has 0 saturated carbocycles. The molecule has 0 N–H and O–H groups in total. The van der Waals surface area contributed by atoms with Gasteiger partial charge in [-0.05, 0) is 26.2 Å². The van der Waals surface area contributed by atoms with Crippen LogP contribution < -0.4 is 0 Å². The molecule has 1 unspecified atom stereocenters. The van der Waals surface area contributed by atoms with Crippen molar-refractivity contribution in [1.29, 1.82) is 0 Å². The van der Waals surface area contributed by atoms with Gasteiger partial charge in [-0.15, -0.1) is 0 Å². The molecule has 0 nitrogen and oxygen atoms in total. The second-order valence-corrected chi connectivity index (χ2v) is 3.33. The van der Waals surface area contributed by atoms with Gasteiger partial charge in [0.25, 0.3) is 0 Å². The van der Waals surface area contributed by atoms with Crippen molar-refractivity contribution in [2.24, 2.45) is 5.41 Å². The first kappa shape index (κ1) is 16.9. The average Bonchev–Trinajstić information content (AvgIpc) is 2.69. The lowest BCUT2D eigenvalue weighted by molar-refractivity contribution is 0.446. The summed E-state index contributed by atoms with van der Waals surface area (Å²) in [6.45, 7) is 14.2. The Hall–Kier alpha value is -0.520. The molecule has 15 heavy (non-hydrogen) atoms. The summed E-state index contributed by atoms with van der Waals surface area (Å²) < 4.78 is 0. The number of hydrogen-bond acceptors (Lipinski definition) is 0. The van der Waals surface area contributed by atoms with E-state index in [2.05, 4.69) is 25.2 Å². The van der Waals surface area contributed by atoms with Crippen LogP contribution in [0.1, 0.15) is 67.7 Å². The van der Waals surface area contributed by atoms with Crippen molar-refractivity contribution in [2.75, 3.05) is 0 Å². The van der Waals surface area contributed by atoms with Crippen molar-refractivity contribution >= 4 is 0 Å².